The van der Waals surface area contributed by atoms with Crippen molar-refractivity contribution in [2.24, 2.45) is 0 Å². The molecule has 86 valence electrons. The zero-order valence-electron chi connectivity index (χ0n) is 8.29. The maximum absolute atomic E-state index is 12.4. The molecule has 0 spiro atoms. The largest absolute Gasteiger partial charge is 0.417 e. The van der Waals surface area contributed by atoms with Crippen LogP contribution in [0, 0.1) is 0 Å². The van der Waals surface area contributed by atoms with Crippen molar-refractivity contribution in [1.29, 1.82) is 0 Å². The fourth-order valence-corrected chi connectivity index (χ4v) is 1.69. The molecule has 0 unspecified atom stereocenters. The molecular formula is C10H9F3N2O. The van der Waals surface area contributed by atoms with Crippen molar-refractivity contribution in [1.82, 2.24) is 9.88 Å². The van der Waals surface area contributed by atoms with Crippen LogP contribution in [0.25, 0.3) is 0 Å². The molecule has 0 radical (unpaired) electrons. The van der Waals surface area contributed by atoms with Crippen molar-refractivity contribution in [3.8, 4) is 0 Å². The molecule has 1 aliphatic heterocycles. The summed E-state index contributed by atoms with van der Waals surface area (Å²) in [6.45, 7) is 0.713. The Labute approximate surface area is 89.9 Å². The van der Waals surface area contributed by atoms with Crippen molar-refractivity contribution < 1.29 is 18.0 Å². The van der Waals surface area contributed by atoms with Gasteiger partial charge in [0.1, 0.15) is 0 Å². The summed E-state index contributed by atoms with van der Waals surface area (Å²) >= 11 is 0. The van der Waals surface area contributed by atoms with E-state index in [2.05, 4.69) is 4.98 Å². The van der Waals surface area contributed by atoms with E-state index in [4.69, 9.17) is 0 Å². The van der Waals surface area contributed by atoms with Crippen LogP contribution in [0.2, 0.25) is 0 Å². The Morgan fingerprint density at radius 1 is 1.44 bits per heavy atom. The van der Waals surface area contributed by atoms with Crippen LogP contribution >= 0.6 is 0 Å². The number of carbonyl (C=O) groups is 1. The van der Waals surface area contributed by atoms with Crippen molar-refractivity contribution in [3.05, 3.63) is 29.1 Å². The van der Waals surface area contributed by atoms with Crippen LogP contribution in [0.3, 0.4) is 0 Å². The van der Waals surface area contributed by atoms with Crippen LogP contribution in [0.4, 0.5) is 13.2 Å². The summed E-state index contributed by atoms with van der Waals surface area (Å²) in [7, 11) is 0. The molecule has 1 amide bonds. The number of alkyl halides is 3. The first-order chi connectivity index (χ1) is 7.50. The van der Waals surface area contributed by atoms with Crippen LogP contribution in [0.5, 0.6) is 0 Å². The van der Waals surface area contributed by atoms with E-state index in [0.29, 0.717) is 30.6 Å². The standard InChI is InChI=1S/C10H9F3N2O/c11-10(12,13)8-3-7-5-15(6-16)2-1-9(7)14-4-8/h3-4,6H,1-2,5H2. The Hall–Kier alpha value is -1.59. The second-order valence-electron chi connectivity index (χ2n) is 3.65. The summed E-state index contributed by atoms with van der Waals surface area (Å²) in [6.07, 6.45) is -2.39. The number of amides is 1. The lowest BCUT2D eigenvalue weighted by Crippen LogP contribution is -2.30. The topological polar surface area (TPSA) is 33.2 Å². The number of halogens is 3. The van der Waals surface area contributed by atoms with E-state index in [1.165, 1.54) is 4.90 Å². The fourth-order valence-electron chi connectivity index (χ4n) is 1.69. The Bertz CT molecular complexity index is 417. The van der Waals surface area contributed by atoms with Gasteiger partial charge in [-0.1, -0.05) is 0 Å². The normalized spacial score (nSPS) is 15.8. The molecule has 0 N–H and O–H groups in total. The molecule has 3 nitrogen and oxygen atoms in total. The second kappa shape index (κ2) is 3.77. The zero-order valence-corrected chi connectivity index (χ0v) is 8.29. The van der Waals surface area contributed by atoms with E-state index < -0.39 is 11.7 Å². The summed E-state index contributed by atoms with van der Waals surface area (Å²) in [5.41, 5.74) is 0.360. The lowest BCUT2D eigenvalue weighted by Gasteiger charge is -2.25. The third-order valence-corrected chi connectivity index (χ3v) is 2.55. The van der Waals surface area contributed by atoms with Gasteiger partial charge in [-0.2, -0.15) is 13.2 Å². The van der Waals surface area contributed by atoms with Gasteiger partial charge < -0.3 is 4.90 Å². The van der Waals surface area contributed by atoms with Gasteiger partial charge in [0.15, 0.2) is 0 Å². The highest BCUT2D eigenvalue weighted by Gasteiger charge is 2.32. The van der Waals surface area contributed by atoms with Crippen LogP contribution in [0.15, 0.2) is 12.3 Å². The molecule has 16 heavy (non-hydrogen) atoms. The third-order valence-electron chi connectivity index (χ3n) is 2.55. The number of pyridine rings is 1. The highest BCUT2D eigenvalue weighted by molar-refractivity contribution is 5.48. The van der Waals surface area contributed by atoms with E-state index in [1.54, 1.807) is 0 Å². The average Bonchev–Trinajstić information content (AvgIpc) is 2.26. The van der Waals surface area contributed by atoms with Gasteiger partial charge in [0.25, 0.3) is 0 Å². The minimum atomic E-state index is -4.38. The van der Waals surface area contributed by atoms with E-state index >= 15 is 0 Å². The monoisotopic (exact) mass is 230 g/mol. The van der Waals surface area contributed by atoms with Crippen molar-refractivity contribution in [2.45, 2.75) is 19.1 Å². The highest BCUT2D eigenvalue weighted by Crippen LogP contribution is 2.30. The molecule has 0 saturated carbocycles. The van der Waals surface area contributed by atoms with Crippen LogP contribution in [-0.4, -0.2) is 22.8 Å². The molecule has 0 saturated heterocycles. The van der Waals surface area contributed by atoms with E-state index in [0.717, 1.165) is 12.3 Å². The molecule has 0 aromatic carbocycles. The van der Waals surface area contributed by atoms with Gasteiger partial charge >= 0.3 is 6.18 Å². The lowest BCUT2D eigenvalue weighted by atomic mass is 10.0. The number of carbonyl (C=O) groups excluding carboxylic acids is 1. The van der Waals surface area contributed by atoms with Crippen molar-refractivity contribution in [3.63, 3.8) is 0 Å². The van der Waals surface area contributed by atoms with Gasteiger partial charge in [0.05, 0.1) is 5.56 Å². The maximum Gasteiger partial charge on any atom is 0.417 e. The highest BCUT2D eigenvalue weighted by atomic mass is 19.4. The van der Waals surface area contributed by atoms with Crippen molar-refractivity contribution >= 4 is 6.41 Å². The molecule has 1 aromatic heterocycles. The summed E-state index contributed by atoms with van der Waals surface area (Å²) in [5, 5.41) is 0. The molecule has 0 atom stereocenters. The Morgan fingerprint density at radius 3 is 2.81 bits per heavy atom. The van der Waals surface area contributed by atoms with Gasteiger partial charge in [-0.3, -0.25) is 9.78 Å². The first-order valence-corrected chi connectivity index (χ1v) is 4.75. The number of nitrogens with zero attached hydrogens (tertiary/aromatic N) is 2. The minimum Gasteiger partial charge on any atom is -0.340 e. The molecule has 2 heterocycles. The number of hydrogen-bond donors (Lipinski definition) is 0. The third kappa shape index (κ3) is 2.00. The summed E-state index contributed by atoms with van der Waals surface area (Å²) in [6, 6.07) is 1.07. The lowest BCUT2D eigenvalue weighted by molar-refractivity contribution is -0.137. The Morgan fingerprint density at radius 2 is 2.19 bits per heavy atom. The molecule has 1 aromatic rings. The molecule has 1 aliphatic rings. The summed E-state index contributed by atoms with van der Waals surface area (Å²) < 4.78 is 37.2. The smallest absolute Gasteiger partial charge is 0.340 e. The predicted octanol–water partition coefficient (Wildman–Crippen LogP) is 1.61. The summed E-state index contributed by atoms with van der Waals surface area (Å²) in [5.74, 6) is 0. The first kappa shape index (κ1) is 10.9. The van der Waals surface area contributed by atoms with E-state index in [-0.39, 0.29) is 6.54 Å². The molecule has 0 fully saturated rings. The van der Waals surface area contributed by atoms with Gasteiger partial charge in [0.2, 0.25) is 6.41 Å². The number of rotatable bonds is 1. The van der Waals surface area contributed by atoms with E-state index in [1.807, 2.05) is 0 Å². The van der Waals surface area contributed by atoms with Crippen molar-refractivity contribution in [2.75, 3.05) is 6.54 Å². The molecule has 6 heteroatoms. The Balaban J connectivity index is 2.34. The van der Waals surface area contributed by atoms with Crippen LogP contribution < -0.4 is 0 Å². The maximum atomic E-state index is 12.4. The van der Waals surface area contributed by atoms with Crippen LogP contribution in [-0.2, 0) is 23.9 Å². The van der Waals surface area contributed by atoms with Crippen LogP contribution in [0.1, 0.15) is 16.8 Å². The van der Waals surface area contributed by atoms with Gasteiger partial charge in [0, 0.05) is 31.4 Å². The fraction of sp³-hybridized carbons (Fsp3) is 0.400. The number of fused-ring (bicyclic) bond motifs is 1. The number of hydrogen-bond acceptors (Lipinski definition) is 2. The summed E-state index contributed by atoms with van der Waals surface area (Å²) in [4.78, 5) is 15.8. The zero-order chi connectivity index (χ0) is 11.8. The Kier molecular flexibility index (Phi) is 2.57. The van der Waals surface area contributed by atoms with E-state index in [9.17, 15) is 18.0 Å². The second-order valence-corrected chi connectivity index (χ2v) is 3.65. The molecule has 0 bridgehead atoms. The number of aromatic nitrogens is 1. The predicted molar refractivity (Wildman–Crippen MR) is 49.4 cm³/mol. The molecular weight excluding hydrogens is 221 g/mol. The van der Waals surface area contributed by atoms with Gasteiger partial charge in [-0.05, 0) is 11.6 Å². The quantitative estimate of drug-likeness (QED) is 0.687. The minimum absolute atomic E-state index is 0.204. The SMILES string of the molecule is O=CN1CCc2ncc(C(F)(F)F)cc2C1. The first-order valence-electron chi connectivity index (χ1n) is 4.75. The van der Waals surface area contributed by atoms with Gasteiger partial charge in [-0.25, -0.2) is 0 Å². The average molecular weight is 230 g/mol. The van der Waals surface area contributed by atoms with Gasteiger partial charge in [-0.15, -0.1) is 0 Å². The molecule has 0 aliphatic carbocycles. The molecule has 2 rings (SSSR count).